The summed E-state index contributed by atoms with van der Waals surface area (Å²) in [6, 6.07) is 6.52. The van der Waals surface area contributed by atoms with Crippen LogP contribution in [0.2, 0.25) is 5.02 Å². The molecule has 4 heteroatoms. The highest BCUT2D eigenvalue weighted by Crippen LogP contribution is 2.20. The Balaban J connectivity index is 2.33. The molecule has 0 unspecified atom stereocenters. The predicted molar refractivity (Wildman–Crippen MR) is 78.6 cm³/mol. The molecule has 1 aromatic carbocycles. The van der Waals surface area contributed by atoms with Crippen molar-refractivity contribution in [2.45, 2.75) is 26.4 Å². The molecule has 0 radical (unpaired) electrons. The van der Waals surface area contributed by atoms with Crippen LogP contribution in [0.1, 0.15) is 19.4 Å². The number of benzene rings is 1. The Kier molecular flexibility index (Phi) is 6.49. The van der Waals surface area contributed by atoms with Crippen LogP contribution in [0.15, 0.2) is 22.7 Å². The second-order valence-corrected chi connectivity index (χ2v) is 5.81. The normalized spacial score (nSPS) is 11.5. The summed E-state index contributed by atoms with van der Waals surface area (Å²) < 4.78 is 1.07. The molecule has 0 heterocycles. The Morgan fingerprint density at radius 1 is 1.41 bits per heavy atom. The van der Waals surface area contributed by atoms with Gasteiger partial charge in [-0.25, -0.2) is 0 Å². The Hall–Kier alpha value is -0.0900. The lowest BCUT2D eigenvalue weighted by atomic mass is 10.2. The molecule has 0 saturated heterocycles. The molecule has 96 valence electrons. The zero-order valence-corrected chi connectivity index (χ0v) is 13.0. The van der Waals surface area contributed by atoms with E-state index in [1.165, 1.54) is 0 Å². The van der Waals surface area contributed by atoms with E-state index in [0.29, 0.717) is 6.04 Å². The van der Waals surface area contributed by atoms with Gasteiger partial charge in [-0.15, -0.1) is 0 Å². The predicted octanol–water partition coefficient (Wildman–Crippen LogP) is 3.53. The summed E-state index contributed by atoms with van der Waals surface area (Å²) in [6.45, 7) is 7.22. The largest absolute Gasteiger partial charge is 0.311 e. The quantitative estimate of drug-likeness (QED) is 0.807. The first kappa shape index (κ1) is 15.0. The lowest BCUT2D eigenvalue weighted by Crippen LogP contribution is -2.33. The summed E-state index contributed by atoms with van der Waals surface area (Å²) >= 11 is 9.57. The van der Waals surface area contributed by atoms with Crippen LogP contribution in [0.4, 0.5) is 0 Å². The number of rotatable bonds is 6. The van der Waals surface area contributed by atoms with Crippen molar-refractivity contribution in [3.05, 3.63) is 33.3 Å². The van der Waals surface area contributed by atoms with Crippen molar-refractivity contribution in [2.24, 2.45) is 0 Å². The highest BCUT2D eigenvalue weighted by atomic mass is 79.9. The molecule has 0 fully saturated rings. The van der Waals surface area contributed by atoms with E-state index in [0.717, 1.165) is 34.7 Å². The minimum atomic E-state index is 0.589. The fraction of sp³-hybridized carbons (Fsp3) is 0.538. The summed E-state index contributed by atoms with van der Waals surface area (Å²) in [6.07, 6.45) is 0. The molecule has 0 saturated carbocycles. The first-order valence-electron chi connectivity index (χ1n) is 5.85. The summed E-state index contributed by atoms with van der Waals surface area (Å²) in [5.41, 5.74) is 1.13. The number of nitrogens with one attached hydrogen (secondary N) is 1. The monoisotopic (exact) mass is 318 g/mol. The van der Waals surface area contributed by atoms with E-state index >= 15 is 0 Å². The molecule has 0 bridgehead atoms. The van der Waals surface area contributed by atoms with Gasteiger partial charge in [-0.3, -0.25) is 0 Å². The van der Waals surface area contributed by atoms with E-state index < -0.39 is 0 Å². The van der Waals surface area contributed by atoms with E-state index in [-0.39, 0.29) is 0 Å². The van der Waals surface area contributed by atoms with Crippen molar-refractivity contribution in [2.75, 3.05) is 20.1 Å². The molecule has 2 nitrogen and oxygen atoms in total. The van der Waals surface area contributed by atoms with Gasteiger partial charge in [0.25, 0.3) is 0 Å². The third-order valence-corrected chi connectivity index (χ3v) is 3.71. The fourth-order valence-electron chi connectivity index (χ4n) is 1.42. The zero-order valence-electron chi connectivity index (χ0n) is 10.6. The topological polar surface area (TPSA) is 15.3 Å². The van der Waals surface area contributed by atoms with Crippen LogP contribution in [0.3, 0.4) is 0 Å². The molecule has 1 rings (SSSR count). The van der Waals surface area contributed by atoms with E-state index in [2.05, 4.69) is 53.1 Å². The molecule has 0 aromatic heterocycles. The average Bonchev–Trinajstić information content (AvgIpc) is 2.28. The first-order chi connectivity index (χ1) is 8.00. The minimum absolute atomic E-state index is 0.589. The van der Waals surface area contributed by atoms with Crippen molar-refractivity contribution < 1.29 is 0 Å². The maximum absolute atomic E-state index is 6.12. The standard InChI is InChI=1S/C13H20BrClN2/c1-10(2)17(3)7-6-16-9-11-8-12(14)4-5-13(11)15/h4-5,8,10,16H,6-7,9H2,1-3H3. The van der Waals surface area contributed by atoms with Gasteiger partial charge in [0.05, 0.1) is 0 Å². The van der Waals surface area contributed by atoms with Gasteiger partial charge < -0.3 is 10.2 Å². The summed E-state index contributed by atoms with van der Waals surface area (Å²) in [4.78, 5) is 2.31. The Bertz CT molecular complexity index is 355. The van der Waals surface area contributed by atoms with Gasteiger partial charge >= 0.3 is 0 Å². The molecular weight excluding hydrogens is 300 g/mol. The molecule has 0 aliphatic heterocycles. The average molecular weight is 320 g/mol. The maximum Gasteiger partial charge on any atom is 0.0451 e. The van der Waals surface area contributed by atoms with Gasteiger partial charge in [0, 0.05) is 35.2 Å². The Morgan fingerprint density at radius 3 is 2.76 bits per heavy atom. The highest BCUT2D eigenvalue weighted by molar-refractivity contribution is 9.10. The fourth-order valence-corrected chi connectivity index (χ4v) is 2.01. The van der Waals surface area contributed by atoms with Gasteiger partial charge in [-0.2, -0.15) is 0 Å². The van der Waals surface area contributed by atoms with E-state index in [9.17, 15) is 0 Å². The SMILES string of the molecule is CC(C)N(C)CCNCc1cc(Br)ccc1Cl. The lowest BCUT2D eigenvalue weighted by molar-refractivity contribution is 0.273. The van der Waals surface area contributed by atoms with Crippen molar-refractivity contribution in [3.8, 4) is 0 Å². The van der Waals surface area contributed by atoms with Crippen molar-refractivity contribution in [1.29, 1.82) is 0 Å². The third kappa shape index (κ3) is 5.38. The zero-order chi connectivity index (χ0) is 12.8. The molecule has 0 aliphatic rings. The molecule has 0 amide bonds. The Morgan fingerprint density at radius 2 is 2.12 bits per heavy atom. The van der Waals surface area contributed by atoms with Crippen LogP contribution >= 0.6 is 27.5 Å². The van der Waals surface area contributed by atoms with Crippen molar-refractivity contribution in [1.82, 2.24) is 10.2 Å². The Labute approximate surface area is 117 Å². The summed E-state index contributed by atoms with van der Waals surface area (Å²) in [7, 11) is 2.14. The highest BCUT2D eigenvalue weighted by Gasteiger charge is 2.03. The number of hydrogen-bond acceptors (Lipinski definition) is 2. The lowest BCUT2D eigenvalue weighted by Gasteiger charge is -2.21. The second kappa shape index (κ2) is 7.37. The van der Waals surface area contributed by atoms with E-state index in [1.54, 1.807) is 0 Å². The van der Waals surface area contributed by atoms with E-state index in [1.807, 2.05) is 12.1 Å². The van der Waals surface area contributed by atoms with Crippen LogP contribution in [-0.4, -0.2) is 31.1 Å². The second-order valence-electron chi connectivity index (χ2n) is 4.49. The van der Waals surface area contributed by atoms with Gasteiger partial charge in [0.1, 0.15) is 0 Å². The number of hydrogen-bond donors (Lipinski definition) is 1. The first-order valence-corrected chi connectivity index (χ1v) is 7.02. The van der Waals surface area contributed by atoms with Gasteiger partial charge in [-0.1, -0.05) is 27.5 Å². The summed E-state index contributed by atoms with van der Waals surface area (Å²) in [5.74, 6) is 0. The third-order valence-electron chi connectivity index (χ3n) is 2.85. The number of nitrogens with zero attached hydrogens (tertiary/aromatic N) is 1. The van der Waals surface area contributed by atoms with Crippen LogP contribution in [0.5, 0.6) is 0 Å². The minimum Gasteiger partial charge on any atom is -0.311 e. The van der Waals surface area contributed by atoms with Crippen LogP contribution in [-0.2, 0) is 6.54 Å². The molecular formula is C13H20BrClN2. The van der Waals surface area contributed by atoms with E-state index in [4.69, 9.17) is 11.6 Å². The number of halogens is 2. The summed E-state index contributed by atoms with van der Waals surface area (Å²) in [5, 5.41) is 4.23. The van der Waals surface area contributed by atoms with Gasteiger partial charge in [0.2, 0.25) is 0 Å². The van der Waals surface area contributed by atoms with Crippen LogP contribution < -0.4 is 5.32 Å². The van der Waals surface area contributed by atoms with Crippen LogP contribution in [0, 0.1) is 0 Å². The van der Waals surface area contributed by atoms with Gasteiger partial charge in [-0.05, 0) is 44.7 Å². The molecule has 1 aromatic rings. The van der Waals surface area contributed by atoms with Crippen molar-refractivity contribution >= 4 is 27.5 Å². The molecule has 0 atom stereocenters. The molecule has 0 aliphatic carbocycles. The number of likely N-dealkylation sites (N-methyl/N-ethyl adjacent to an activating group) is 1. The molecule has 17 heavy (non-hydrogen) atoms. The van der Waals surface area contributed by atoms with Crippen LogP contribution in [0.25, 0.3) is 0 Å². The molecule has 1 N–H and O–H groups in total. The van der Waals surface area contributed by atoms with Crippen molar-refractivity contribution in [3.63, 3.8) is 0 Å². The van der Waals surface area contributed by atoms with Gasteiger partial charge in [0.15, 0.2) is 0 Å². The smallest absolute Gasteiger partial charge is 0.0451 e. The molecule has 0 spiro atoms. The maximum atomic E-state index is 6.12.